The highest BCUT2D eigenvalue weighted by molar-refractivity contribution is 5.80. The molecular weight excluding hydrogens is 286 g/mol. The van der Waals surface area contributed by atoms with Crippen LogP contribution in [0.25, 0.3) is 0 Å². The number of ether oxygens (including phenoxy) is 1. The minimum Gasteiger partial charge on any atom is -0.373 e. The fourth-order valence-corrected chi connectivity index (χ4v) is 3.70. The van der Waals surface area contributed by atoms with Crippen LogP contribution in [0.3, 0.4) is 0 Å². The molecular formula is C19H29N3O. The Morgan fingerprint density at radius 2 is 2.17 bits per heavy atom. The second-order valence-corrected chi connectivity index (χ2v) is 6.80. The summed E-state index contributed by atoms with van der Waals surface area (Å²) in [5.41, 5.74) is 4.07. The van der Waals surface area contributed by atoms with E-state index in [1.54, 1.807) is 0 Å². The Morgan fingerprint density at radius 3 is 2.83 bits per heavy atom. The smallest absolute Gasteiger partial charge is 0.191 e. The number of nitrogens with one attached hydrogen (secondary N) is 2. The third-order valence-corrected chi connectivity index (χ3v) is 4.92. The summed E-state index contributed by atoms with van der Waals surface area (Å²) in [6, 6.07) is 7.08. The van der Waals surface area contributed by atoms with Crippen molar-refractivity contribution in [3.05, 3.63) is 34.9 Å². The lowest BCUT2D eigenvalue weighted by Gasteiger charge is -2.22. The minimum atomic E-state index is 0.378. The van der Waals surface area contributed by atoms with Gasteiger partial charge in [0.25, 0.3) is 0 Å². The molecule has 2 fully saturated rings. The molecule has 2 aliphatic heterocycles. The van der Waals surface area contributed by atoms with E-state index < -0.39 is 0 Å². The molecule has 2 heterocycles. The molecule has 4 heteroatoms. The van der Waals surface area contributed by atoms with E-state index in [0.717, 1.165) is 31.9 Å². The molecule has 3 rings (SSSR count). The molecule has 2 N–H and O–H groups in total. The topological polar surface area (TPSA) is 45.7 Å². The van der Waals surface area contributed by atoms with E-state index >= 15 is 0 Å². The van der Waals surface area contributed by atoms with Crippen LogP contribution in [0, 0.1) is 13.8 Å². The predicted octanol–water partition coefficient (Wildman–Crippen LogP) is 2.72. The van der Waals surface area contributed by atoms with E-state index in [-0.39, 0.29) is 0 Å². The summed E-state index contributed by atoms with van der Waals surface area (Å²) in [5.74, 6) is 0.929. The quantitative estimate of drug-likeness (QED) is 0.649. The first-order valence-electron chi connectivity index (χ1n) is 8.92. The fourth-order valence-electron chi connectivity index (χ4n) is 3.70. The molecule has 0 amide bonds. The molecule has 1 aromatic carbocycles. The number of fused-ring (bicyclic) bond motifs is 2. The number of benzene rings is 1. The maximum atomic E-state index is 5.92. The van der Waals surface area contributed by atoms with Crippen molar-refractivity contribution in [2.75, 3.05) is 13.1 Å². The van der Waals surface area contributed by atoms with E-state index in [4.69, 9.17) is 9.73 Å². The van der Waals surface area contributed by atoms with Crippen molar-refractivity contribution in [2.45, 2.75) is 64.7 Å². The van der Waals surface area contributed by atoms with E-state index in [2.05, 4.69) is 49.6 Å². The molecule has 2 aliphatic rings. The third kappa shape index (κ3) is 4.05. The number of hydrogen-bond donors (Lipinski definition) is 2. The first-order valence-corrected chi connectivity index (χ1v) is 8.92. The maximum Gasteiger partial charge on any atom is 0.191 e. The Morgan fingerprint density at radius 1 is 1.30 bits per heavy atom. The highest BCUT2D eigenvalue weighted by Gasteiger charge is 2.41. The summed E-state index contributed by atoms with van der Waals surface area (Å²) in [7, 11) is 0. The Kier molecular flexibility index (Phi) is 5.21. The Hall–Kier alpha value is -1.55. The van der Waals surface area contributed by atoms with Crippen LogP contribution in [0.2, 0.25) is 0 Å². The number of aliphatic imine (C=N–C) groups is 1. The van der Waals surface area contributed by atoms with Gasteiger partial charge < -0.3 is 15.4 Å². The molecule has 0 aromatic heterocycles. The second kappa shape index (κ2) is 7.35. The van der Waals surface area contributed by atoms with Gasteiger partial charge in [0.15, 0.2) is 5.96 Å². The molecule has 0 saturated carbocycles. The van der Waals surface area contributed by atoms with Gasteiger partial charge in [0.2, 0.25) is 0 Å². The normalized spacial score (nSPS) is 26.6. The van der Waals surface area contributed by atoms with Crippen molar-refractivity contribution in [2.24, 2.45) is 4.99 Å². The van der Waals surface area contributed by atoms with E-state index in [9.17, 15) is 0 Å². The largest absolute Gasteiger partial charge is 0.373 e. The molecule has 3 unspecified atom stereocenters. The van der Waals surface area contributed by atoms with Crippen molar-refractivity contribution in [1.82, 2.24) is 10.6 Å². The molecule has 0 radical (unpaired) electrons. The summed E-state index contributed by atoms with van der Waals surface area (Å²) >= 11 is 0. The van der Waals surface area contributed by atoms with Gasteiger partial charge in [-0.3, -0.25) is 4.99 Å². The number of aryl methyl sites for hydroxylation is 2. The van der Waals surface area contributed by atoms with Gasteiger partial charge in [0.05, 0.1) is 18.2 Å². The standard InChI is InChI=1S/C19H29N3O/c1-4-20-19(22-17-12-16-7-8-18(17)23-16)21-10-9-15-6-5-13(2)11-14(15)3/h5-6,11,16-18H,4,7-10,12H2,1-3H3,(H2,20,21,22). The van der Waals surface area contributed by atoms with Crippen LogP contribution in [-0.4, -0.2) is 37.3 Å². The summed E-state index contributed by atoms with van der Waals surface area (Å²) < 4.78 is 5.92. The molecule has 3 atom stereocenters. The van der Waals surface area contributed by atoms with Gasteiger partial charge in [-0.2, -0.15) is 0 Å². The van der Waals surface area contributed by atoms with Crippen LogP contribution in [-0.2, 0) is 11.2 Å². The van der Waals surface area contributed by atoms with Gasteiger partial charge >= 0.3 is 0 Å². The SMILES string of the molecule is CCNC(=NCCc1ccc(C)cc1C)NC1CC2CCC1O2. The number of nitrogens with zero attached hydrogens (tertiary/aromatic N) is 1. The monoisotopic (exact) mass is 315 g/mol. The fraction of sp³-hybridized carbons (Fsp3) is 0.632. The van der Waals surface area contributed by atoms with Crippen LogP contribution >= 0.6 is 0 Å². The Balaban J connectivity index is 1.56. The van der Waals surface area contributed by atoms with Crippen LogP contribution in [0.4, 0.5) is 0 Å². The van der Waals surface area contributed by atoms with Gasteiger partial charge in [-0.05, 0) is 57.6 Å². The zero-order valence-electron chi connectivity index (χ0n) is 14.6. The summed E-state index contributed by atoms with van der Waals surface area (Å²) in [6.07, 6.45) is 5.36. The average molecular weight is 315 g/mol. The maximum absolute atomic E-state index is 5.92. The predicted molar refractivity (Wildman–Crippen MR) is 95.0 cm³/mol. The van der Waals surface area contributed by atoms with Gasteiger partial charge in [0, 0.05) is 13.1 Å². The molecule has 2 saturated heterocycles. The van der Waals surface area contributed by atoms with Crippen LogP contribution in [0.15, 0.2) is 23.2 Å². The van der Waals surface area contributed by atoms with Crippen molar-refractivity contribution in [3.63, 3.8) is 0 Å². The number of rotatable bonds is 5. The lowest BCUT2D eigenvalue weighted by atomic mass is 9.96. The molecule has 1 aromatic rings. The molecule has 23 heavy (non-hydrogen) atoms. The zero-order valence-corrected chi connectivity index (χ0v) is 14.6. The van der Waals surface area contributed by atoms with Crippen molar-refractivity contribution in [3.8, 4) is 0 Å². The zero-order chi connectivity index (χ0) is 16.2. The van der Waals surface area contributed by atoms with Gasteiger partial charge in [0.1, 0.15) is 0 Å². The summed E-state index contributed by atoms with van der Waals surface area (Å²) in [5, 5.41) is 6.93. The van der Waals surface area contributed by atoms with Crippen molar-refractivity contribution >= 4 is 5.96 Å². The molecule has 0 aliphatic carbocycles. The Bertz CT molecular complexity index is 570. The molecule has 2 bridgehead atoms. The van der Waals surface area contributed by atoms with Gasteiger partial charge in [-0.25, -0.2) is 0 Å². The minimum absolute atomic E-state index is 0.378. The second-order valence-electron chi connectivity index (χ2n) is 6.80. The lowest BCUT2D eigenvalue weighted by Crippen LogP contribution is -2.47. The molecule has 126 valence electrons. The average Bonchev–Trinajstić information content (AvgIpc) is 3.12. The molecule has 4 nitrogen and oxygen atoms in total. The summed E-state index contributed by atoms with van der Waals surface area (Å²) in [6.45, 7) is 8.12. The third-order valence-electron chi connectivity index (χ3n) is 4.92. The van der Waals surface area contributed by atoms with E-state index in [1.165, 1.54) is 29.5 Å². The molecule has 0 spiro atoms. The first-order chi connectivity index (χ1) is 11.2. The van der Waals surface area contributed by atoms with Crippen LogP contribution in [0.1, 0.15) is 42.9 Å². The van der Waals surface area contributed by atoms with E-state index in [1.807, 2.05) is 0 Å². The van der Waals surface area contributed by atoms with Crippen LogP contribution in [0.5, 0.6) is 0 Å². The van der Waals surface area contributed by atoms with Crippen LogP contribution < -0.4 is 10.6 Å². The summed E-state index contributed by atoms with van der Waals surface area (Å²) in [4.78, 5) is 4.76. The van der Waals surface area contributed by atoms with E-state index in [0.29, 0.717) is 18.2 Å². The highest BCUT2D eigenvalue weighted by Crippen LogP contribution is 2.34. The number of guanidine groups is 1. The van der Waals surface area contributed by atoms with Gasteiger partial charge in [-0.15, -0.1) is 0 Å². The lowest BCUT2D eigenvalue weighted by molar-refractivity contribution is 0.0992. The highest BCUT2D eigenvalue weighted by atomic mass is 16.5. The Labute approximate surface area is 139 Å². The van der Waals surface area contributed by atoms with Crippen molar-refractivity contribution < 1.29 is 4.74 Å². The number of hydrogen-bond acceptors (Lipinski definition) is 2. The van der Waals surface area contributed by atoms with Gasteiger partial charge in [-0.1, -0.05) is 23.8 Å². The van der Waals surface area contributed by atoms with Crippen molar-refractivity contribution in [1.29, 1.82) is 0 Å². The first kappa shape index (κ1) is 16.3.